The van der Waals surface area contributed by atoms with Crippen LogP contribution in [-0.2, 0) is 18.3 Å². The minimum atomic E-state index is -2.51. The highest BCUT2D eigenvalue weighted by molar-refractivity contribution is 6.72. The summed E-state index contributed by atoms with van der Waals surface area (Å²) in [6.45, 7) is 2.24. The Morgan fingerprint density at radius 3 is 1.38 bits per heavy atom. The van der Waals surface area contributed by atoms with Crippen LogP contribution in [0.5, 0.6) is 0 Å². The first kappa shape index (κ1) is 16.4. The predicted molar refractivity (Wildman–Crippen MR) is 85.5 cm³/mol. The van der Waals surface area contributed by atoms with Crippen LogP contribution in [0.4, 0.5) is 0 Å². The Balaban J connectivity index is 2.17. The summed E-state index contributed by atoms with van der Waals surface area (Å²) < 4.78 is 22.9. The molecular weight excluding hydrogens is 284 g/mol. The molecule has 116 valence electrons. The lowest BCUT2D eigenvalue weighted by Crippen LogP contribution is -2.50. The van der Waals surface area contributed by atoms with E-state index >= 15 is 0 Å². The van der Waals surface area contributed by atoms with E-state index in [2.05, 4.69) is 48.6 Å². The molecule has 0 aromatic heterocycles. The fourth-order valence-electron chi connectivity index (χ4n) is 2.62. The van der Waals surface area contributed by atoms with Crippen LogP contribution in [0, 0.1) is 0 Å². The van der Waals surface area contributed by atoms with E-state index in [1.165, 1.54) is 0 Å². The molecule has 0 aliphatic heterocycles. The third-order valence-corrected chi connectivity index (χ3v) is 7.59. The van der Waals surface area contributed by atoms with E-state index in [0.717, 1.165) is 0 Å². The molecular formula is C16H24O4Si. The van der Waals surface area contributed by atoms with Gasteiger partial charge in [-0.15, -0.1) is 0 Å². The standard InChI is InChI=1S/C16H24O4Si/c1-17-11-13-19-21(20-14-12-18-2,15-7-3-4-8-15)16-9-5-6-10-16/h3-10,15-16H,11-14H2,1-2H3. The second-order valence-electron chi connectivity index (χ2n) is 5.00. The zero-order valence-electron chi connectivity index (χ0n) is 12.7. The molecule has 4 nitrogen and oxygen atoms in total. The normalized spacial score (nSPS) is 18.4. The summed E-state index contributed by atoms with van der Waals surface area (Å²) in [5.74, 6) is 0. The van der Waals surface area contributed by atoms with E-state index in [0.29, 0.717) is 26.4 Å². The second-order valence-corrected chi connectivity index (χ2v) is 8.35. The number of allylic oxidation sites excluding steroid dienone is 8. The zero-order chi connectivity index (χ0) is 15.0. The SMILES string of the molecule is COCCO[Si](OCCOC)(C1C=CC=C1)C1C=CC=C1. The number of ether oxygens (including phenoxy) is 2. The molecule has 0 aromatic rings. The third kappa shape index (κ3) is 4.02. The molecule has 0 spiro atoms. The number of hydrogen-bond donors (Lipinski definition) is 0. The molecule has 0 saturated carbocycles. The molecule has 0 saturated heterocycles. The van der Waals surface area contributed by atoms with Gasteiger partial charge in [0.1, 0.15) is 0 Å². The van der Waals surface area contributed by atoms with Gasteiger partial charge in [-0.25, -0.2) is 0 Å². The number of rotatable bonds is 10. The smallest absolute Gasteiger partial charge is 0.360 e. The van der Waals surface area contributed by atoms with Crippen molar-refractivity contribution < 1.29 is 18.3 Å². The summed E-state index contributed by atoms with van der Waals surface area (Å²) in [5, 5.41) is 0. The molecule has 0 fully saturated rings. The first-order chi connectivity index (χ1) is 10.3. The summed E-state index contributed by atoms with van der Waals surface area (Å²) in [4.78, 5) is 0. The first-order valence-electron chi connectivity index (χ1n) is 7.29. The van der Waals surface area contributed by atoms with E-state index in [1.54, 1.807) is 14.2 Å². The highest BCUT2D eigenvalue weighted by Gasteiger charge is 2.50. The van der Waals surface area contributed by atoms with Crippen LogP contribution >= 0.6 is 0 Å². The first-order valence-corrected chi connectivity index (χ1v) is 9.26. The van der Waals surface area contributed by atoms with Crippen LogP contribution in [0.15, 0.2) is 48.6 Å². The average molecular weight is 308 g/mol. The van der Waals surface area contributed by atoms with Crippen molar-refractivity contribution in [3.63, 3.8) is 0 Å². The van der Waals surface area contributed by atoms with Gasteiger partial charge in [-0.1, -0.05) is 48.6 Å². The van der Waals surface area contributed by atoms with E-state index in [-0.39, 0.29) is 11.1 Å². The van der Waals surface area contributed by atoms with Gasteiger partial charge in [0, 0.05) is 25.3 Å². The summed E-state index contributed by atoms with van der Waals surface area (Å²) in [5.41, 5.74) is 0.423. The van der Waals surface area contributed by atoms with Crippen LogP contribution in [0.1, 0.15) is 0 Å². The molecule has 5 heteroatoms. The maximum absolute atomic E-state index is 6.32. The highest BCUT2D eigenvalue weighted by Crippen LogP contribution is 2.42. The largest absolute Gasteiger partial charge is 0.391 e. The Morgan fingerprint density at radius 2 is 1.05 bits per heavy atom. The Bertz CT molecular complexity index is 364. The molecule has 0 N–H and O–H groups in total. The second kappa shape index (κ2) is 8.46. The minimum absolute atomic E-state index is 0.212. The molecule has 0 heterocycles. The molecule has 0 amide bonds. The van der Waals surface area contributed by atoms with Crippen molar-refractivity contribution in [1.29, 1.82) is 0 Å². The van der Waals surface area contributed by atoms with Gasteiger partial charge in [0.25, 0.3) is 0 Å². The van der Waals surface area contributed by atoms with Crippen molar-refractivity contribution in [3.8, 4) is 0 Å². The topological polar surface area (TPSA) is 36.9 Å². The fraction of sp³-hybridized carbons (Fsp3) is 0.500. The van der Waals surface area contributed by atoms with Crippen molar-refractivity contribution in [2.24, 2.45) is 0 Å². The predicted octanol–water partition coefficient (Wildman–Crippen LogP) is 2.75. The molecule has 21 heavy (non-hydrogen) atoms. The van der Waals surface area contributed by atoms with Crippen molar-refractivity contribution in [3.05, 3.63) is 48.6 Å². The molecule has 0 aromatic carbocycles. The van der Waals surface area contributed by atoms with Crippen LogP contribution in [0.25, 0.3) is 0 Å². The lowest BCUT2D eigenvalue weighted by molar-refractivity contribution is 0.0836. The van der Waals surface area contributed by atoms with Gasteiger partial charge in [-0.2, -0.15) is 0 Å². The Kier molecular flexibility index (Phi) is 6.60. The minimum Gasteiger partial charge on any atom is -0.391 e. The van der Waals surface area contributed by atoms with E-state index in [9.17, 15) is 0 Å². The van der Waals surface area contributed by atoms with Gasteiger partial charge >= 0.3 is 8.56 Å². The molecule has 0 atom stereocenters. The van der Waals surface area contributed by atoms with Crippen molar-refractivity contribution >= 4 is 8.56 Å². The van der Waals surface area contributed by atoms with Gasteiger partial charge in [0.2, 0.25) is 0 Å². The summed E-state index contributed by atoms with van der Waals surface area (Å²) >= 11 is 0. The maximum atomic E-state index is 6.32. The monoisotopic (exact) mass is 308 g/mol. The van der Waals surface area contributed by atoms with Gasteiger partial charge < -0.3 is 18.3 Å². The lowest BCUT2D eigenvalue weighted by Gasteiger charge is -2.37. The summed E-state index contributed by atoms with van der Waals surface area (Å²) in [7, 11) is 0.856. The fourth-order valence-corrected chi connectivity index (χ4v) is 6.24. The Morgan fingerprint density at radius 1 is 0.667 bits per heavy atom. The van der Waals surface area contributed by atoms with Crippen LogP contribution in [-0.4, -0.2) is 49.2 Å². The molecule has 0 unspecified atom stereocenters. The zero-order valence-corrected chi connectivity index (χ0v) is 13.7. The third-order valence-electron chi connectivity index (χ3n) is 3.66. The van der Waals surface area contributed by atoms with Crippen molar-refractivity contribution in [2.75, 3.05) is 40.6 Å². The Hall–Kier alpha value is -0.983. The van der Waals surface area contributed by atoms with Gasteiger partial charge in [-0.3, -0.25) is 0 Å². The van der Waals surface area contributed by atoms with Crippen LogP contribution in [0.3, 0.4) is 0 Å². The molecule has 2 aliphatic rings. The summed E-state index contributed by atoms with van der Waals surface area (Å²) in [6, 6.07) is 0. The van der Waals surface area contributed by atoms with E-state index in [1.807, 2.05) is 0 Å². The number of hydrogen-bond acceptors (Lipinski definition) is 4. The van der Waals surface area contributed by atoms with Crippen LogP contribution < -0.4 is 0 Å². The van der Waals surface area contributed by atoms with Crippen LogP contribution in [0.2, 0.25) is 11.1 Å². The van der Waals surface area contributed by atoms with Gasteiger partial charge in [0.05, 0.1) is 26.4 Å². The van der Waals surface area contributed by atoms with E-state index < -0.39 is 8.56 Å². The van der Waals surface area contributed by atoms with Crippen molar-refractivity contribution in [1.82, 2.24) is 0 Å². The maximum Gasteiger partial charge on any atom is 0.360 e. The molecule has 2 aliphatic carbocycles. The number of methoxy groups -OCH3 is 2. The molecule has 2 rings (SSSR count). The lowest BCUT2D eigenvalue weighted by atomic mass is 10.4. The molecule has 0 radical (unpaired) electrons. The Labute approximate surface area is 128 Å². The van der Waals surface area contributed by atoms with Gasteiger partial charge in [0.15, 0.2) is 0 Å². The van der Waals surface area contributed by atoms with E-state index in [4.69, 9.17) is 18.3 Å². The highest BCUT2D eigenvalue weighted by atomic mass is 28.4. The van der Waals surface area contributed by atoms with Gasteiger partial charge in [-0.05, 0) is 0 Å². The molecule has 0 bridgehead atoms. The quantitative estimate of drug-likeness (QED) is 0.459. The summed E-state index contributed by atoms with van der Waals surface area (Å²) in [6.07, 6.45) is 16.9. The van der Waals surface area contributed by atoms with Crippen molar-refractivity contribution in [2.45, 2.75) is 11.1 Å². The average Bonchev–Trinajstić information content (AvgIpc) is 3.19.